The van der Waals surface area contributed by atoms with Crippen molar-refractivity contribution in [2.75, 3.05) is 0 Å². The van der Waals surface area contributed by atoms with Crippen LogP contribution in [-0.4, -0.2) is 33.3 Å². The molecule has 0 N–H and O–H groups in total. The van der Waals surface area contributed by atoms with Crippen LogP contribution in [0, 0.1) is 0 Å². The Morgan fingerprint density at radius 1 is 1.83 bits per heavy atom. The maximum atomic E-state index is 5.68. The zero-order chi connectivity index (χ0) is 4.99. The molecule has 1 unspecified atom stereocenters. The Hall–Kier alpha value is 1.29. The van der Waals surface area contributed by atoms with E-state index in [1.165, 1.54) is 31.6 Å². The zero-order valence-corrected chi connectivity index (χ0v) is 7.13. The number of halogens is 1. The third-order valence-electron chi connectivity index (χ3n) is 0.886. The summed E-state index contributed by atoms with van der Waals surface area (Å²) in [6, 6.07) is 0. The van der Waals surface area contributed by atoms with Crippen molar-refractivity contribution in [1.29, 1.82) is 0 Å². The molecule has 0 spiro atoms. The van der Waals surface area contributed by atoms with Crippen LogP contribution in [0.5, 0.6) is 0 Å². The Morgan fingerprint density at radius 3 is 2.33 bits per heavy atom. The fourth-order valence-corrected chi connectivity index (χ4v) is 0.866. The summed E-state index contributed by atoms with van der Waals surface area (Å²) in [5.41, 5.74) is 0. The summed E-state index contributed by atoms with van der Waals surface area (Å²) in [4.78, 5) is 0. The van der Waals surface area contributed by atoms with Crippen LogP contribution in [0.2, 0.25) is 3.67 Å². The molecule has 0 saturated heterocycles. The molecule has 0 heterocycles. The van der Waals surface area contributed by atoms with Crippen LogP contribution in [-0.2, 0) is 0 Å². The second-order valence-electron chi connectivity index (χ2n) is 1.41. The molecule has 0 bridgehead atoms. The van der Waals surface area contributed by atoms with Gasteiger partial charge in [0.2, 0.25) is 0 Å². The van der Waals surface area contributed by atoms with Crippen LogP contribution in [0.1, 0.15) is 13.3 Å². The summed E-state index contributed by atoms with van der Waals surface area (Å²) in [5.74, 6) is 0. The predicted octanol–water partition coefficient (Wildman–Crippen LogP) is 1.59. The van der Waals surface area contributed by atoms with E-state index in [4.69, 9.17) is 11.6 Å². The molecule has 0 saturated carbocycles. The van der Waals surface area contributed by atoms with E-state index >= 15 is 0 Å². The van der Waals surface area contributed by atoms with Crippen LogP contribution in [0.4, 0.5) is 0 Å². The molecule has 1 atom stereocenters. The van der Waals surface area contributed by atoms with Crippen LogP contribution in [0.25, 0.3) is 0 Å². The molecule has 0 amide bonds. The fourth-order valence-electron chi connectivity index (χ4n) is 0.289. The molecule has 0 aliphatic heterocycles. The Labute approximate surface area is 61.7 Å². The van der Waals surface area contributed by atoms with E-state index in [9.17, 15) is 0 Å². The summed E-state index contributed by atoms with van der Waals surface area (Å²) in [7, 11) is 0. The molecule has 0 aliphatic carbocycles. The van der Waals surface area contributed by atoms with Crippen molar-refractivity contribution >= 4 is 39.5 Å². The molecule has 0 rings (SSSR count). The van der Waals surface area contributed by atoms with Gasteiger partial charge in [0.25, 0.3) is 0 Å². The number of hydrogen-bond acceptors (Lipinski definition) is 0. The maximum absolute atomic E-state index is 5.68. The summed E-state index contributed by atoms with van der Waals surface area (Å²) < 4.78 is 1.23. The summed E-state index contributed by atoms with van der Waals surface area (Å²) in [6.07, 6.45) is 1.13. The number of hydrogen-bond donors (Lipinski definition) is 0. The topological polar surface area (TPSA) is 0 Å². The zero-order valence-electron chi connectivity index (χ0n) is 4.37. The molecular formula is C4H8ClNa. The monoisotopic (exact) mass is 114 g/mol. The van der Waals surface area contributed by atoms with Gasteiger partial charge < -0.3 is 0 Å². The van der Waals surface area contributed by atoms with E-state index in [1.807, 2.05) is 0 Å². The van der Waals surface area contributed by atoms with Crippen molar-refractivity contribution in [3.8, 4) is 0 Å². The SMILES string of the molecule is CCC(Cl)[CH2][Na]. The van der Waals surface area contributed by atoms with E-state index in [0.29, 0.717) is 5.38 Å². The third kappa shape index (κ3) is 3.48. The van der Waals surface area contributed by atoms with Crippen LogP contribution in [0.15, 0.2) is 0 Å². The van der Waals surface area contributed by atoms with E-state index in [-0.39, 0.29) is 0 Å². The molecule has 0 aromatic carbocycles. The Bertz CT molecular complexity index is 26.7. The molecule has 2 heteroatoms. The molecule has 0 nitrogen and oxygen atoms in total. The standard InChI is InChI=1S/C4H8Cl.Na/c1-3-4(2)5;/h4H,2-3H2,1H3;. The first-order valence-electron chi connectivity index (χ1n) is 2.45. The van der Waals surface area contributed by atoms with E-state index in [0.717, 1.165) is 6.42 Å². The molecule has 0 aromatic heterocycles. The Morgan fingerprint density at radius 2 is 2.33 bits per heavy atom. The van der Waals surface area contributed by atoms with Gasteiger partial charge in [-0.1, -0.05) is 0 Å². The first-order valence-corrected chi connectivity index (χ1v) is 4.30. The summed E-state index contributed by atoms with van der Waals surface area (Å²) >= 11 is 6.93. The molecule has 0 fully saturated rings. The number of rotatable bonds is 2. The molecule has 0 aliphatic rings. The van der Waals surface area contributed by atoms with Gasteiger partial charge in [0, 0.05) is 0 Å². The average Bonchev–Trinajstić information content (AvgIpc) is 1.65. The average molecular weight is 115 g/mol. The minimum atomic E-state index is 0.469. The molecule has 32 valence electrons. The second-order valence-corrected chi connectivity index (χ2v) is 2.85. The van der Waals surface area contributed by atoms with Gasteiger partial charge in [-0.2, -0.15) is 0 Å². The van der Waals surface area contributed by atoms with Crippen LogP contribution < -0.4 is 0 Å². The molecular weight excluding hydrogens is 106 g/mol. The van der Waals surface area contributed by atoms with Crippen molar-refractivity contribution in [2.45, 2.75) is 22.4 Å². The summed E-state index contributed by atoms with van der Waals surface area (Å²) in [5, 5.41) is 0.469. The van der Waals surface area contributed by atoms with E-state index < -0.39 is 0 Å². The first-order chi connectivity index (χ1) is 2.81. The normalized spacial score (nSPS) is 14.7. The number of alkyl halides is 1. The molecule has 0 radical (unpaired) electrons. The van der Waals surface area contributed by atoms with E-state index in [1.54, 1.807) is 0 Å². The van der Waals surface area contributed by atoms with Crippen molar-refractivity contribution in [3.63, 3.8) is 0 Å². The van der Waals surface area contributed by atoms with Gasteiger partial charge in [0.1, 0.15) is 0 Å². The Kier molecular flexibility index (Phi) is 5.41. The quantitative estimate of drug-likeness (QED) is 0.378. The van der Waals surface area contributed by atoms with Gasteiger partial charge >= 0.3 is 61.9 Å². The van der Waals surface area contributed by atoms with Crippen molar-refractivity contribution in [2.24, 2.45) is 0 Å². The van der Waals surface area contributed by atoms with Crippen LogP contribution in [0.3, 0.4) is 0 Å². The van der Waals surface area contributed by atoms with Gasteiger partial charge in [0.15, 0.2) is 0 Å². The van der Waals surface area contributed by atoms with Gasteiger partial charge in [-0.25, -0.2) is 0 Å². The van der Waals surface area contributed by atoms with E-state index in [2.05, 4.69) is 6.92 Å². The van der Waals surface area contributed by atoms with Gasteiger partial charge in [-0.05, 0) is 0 Å². The van der Waals surface area contributed by atoms with Gasteiger partial charge in [0.05, 0.1) is 0 Å². The minimum absolute atomic E-state index is 0.469. The Balaban J connectivity index is 2.75. The predicted molar refractivity (Wildman–Crippen MR) is 30.5 cm³/mol. The fraction of sp³-hybridized carbons (Fsp3) is 1.00. The second kappa shape index (κ2) is 4.45. The van der Waals surface area contributed by atoms with Crippen LogP contribution >= 0.6 is 11.6 Å². The third-order valence-corrected chi connectivity index (χ3v) is 3.01. The van der Waals surface area contributed by atoms with Crippen molar-refractivity contribution in [1.82, 2.24) is 0 Å². The first kappa shape index (κ1) is 7.29. The van der Waals surface area contributed by atoms with Gasteiger partial charge in [-0.15, -0.1) is 0 Å². The van der Waals surface area contributed by atoms with Crippen molar-refractivity contribution < 1.29 is 0 Å². The summed E-state index contributed by atoms with van der Waals surface area (Å²) in [6.45, 7) is 2.12. The van der Waals surface area contributed by atoms with Gasteiger partial charge in [-0.3, -0.25) is 0 Å². The molecule has 0 aromatic rings. The molecule has 6 heavy (non-hydrogen) atoms. The van der Waals surface area contributed by atoms with Crippen molar-refractivity contribution in [3.05, 3.63) is 0 Å².